The largest absolute Gasteiger partial charge is 0.368 e. The number of hydrogen-bond acceptors (Lipinski definition) is 1. The SMILES string of the molecule is [SH+]C(=NC1CCCCC1)Nc1ccccc1. The monoisotopic (exact) mass is 234 g/mol. The third kappa shape index (κ3) is 3.56. The standard InChI is InChI=1S/C13H18N2S/c16-13(14-11-7-3-1-4-8-11)15-12-9-5-2-6-10-12/h1,3-4,7-8,12,16H,2,5-6,9-10H2,(H,14,15)/q+1. The van der Waals surface area contributed by atoms with Crippen molar-refractivity contribution in [1.82, 2.24) is 0 Å². The highest BCUT2D eigenvalue weighted by Crippen LogP contribution is 2.20. The van der Waals surface area contributed by atoms with Gasteiger partial charge in [-0.25, -0.2) is 4.99 Å². The van der Waals surface area contributed by atoms with Gasteiger partial charge < -0.3 is 0 Å². The molecule has 1 aliphatic rings. The van der Waals surface area contributed by atoms with Gasteiger partial charge in [0, 0.05) is 5.69 Å². The Hall–Kier alpha value is -0.960. The van der Waals surface area contributed by atoms with E-state index in [0.717, 1.165) is 10.9 Å². The number of thiol groups is 1. The number of rotatable bonds is 2. The molecular weight excluding hydrogens is 216 g/mol. The molecule has 3 heteroatoms. The van der Waals surface area contributed by atoms with E-state index in [1.165, 1.54) is 32.1 Å². The van der Waals surface area contributed by atoms with Gasteiger partial charge in [-0.2, -0.15) is 0 Å². The van der Waals surface area contributed by atoms with Gasteiger partial charge in [0.1, 0.15) is 0 Å². The molecule has 0 aromatic heterocycles. The first kappa shape index (κ1) is 11.5. The zero-order chi connectivity index (χ0) is 11.2. The summed E-state index contributed by atoms with van der Waals surface area (Å²) < 4.78 is 0. The van der Waals surface area contributed by atoms with Crippen molar-refractivity contribution in [2.75, 3.05) is 5.32 Å². The molecule has 0 saturated heterocycles. The first-order valence-corrected chi connectivity index (χ1v) is 6.38. The Balaban J connectivity index is 1.91. The molecule has 1 fully saturated rings. The van der Waals surface area contributed by atoms with E-state index in [-0.39, 0.29) is 0 Å². The Bertz CT molecular complexity index is 342. The van der Waals surface area contributed by atoms with E-state index in [1.807, 2.05) is 30.3 Å². The first-order chi connectivity index (χ1) is 7.84. The number of para-hydroxylation sites is 1. The molecule has 1 aliphatic carbocycles. The zero-order valence-corrected chi connectivity index (χ0v) is 10.3. The maximum atomic E-state index is 4.60. The van der Waals surface area contributed by atoms with Crippen LogP contribution >= 0.6 is 0 Å². The van der Waals surface area contributed by atoms with Crippen LogP contribution in [0.2, 0.25) is 0 Å². The topological polar surface area (TPSA) is 24.4 Å². The van der Waals surface area contributed by atoms with Crippen molar-refractivity contribution in [3.8, 4) is 0 Å². The molecule has 0 spiro atoms. The second kappa shape index (κ2) is 5.94. The number of nitrogens with one attached hydrogen (secondary N) is 1. The summed E-state index contributed by atoms with van der Waals surface area (Å²) in [7, 11) is 0. The van der Waals surface area contributed by atoms with Crippen molar-refractivity contribution >= 4 is 23.5 Å². The van der Waals surface area contributed by atoms with Crippen molar-refractivity contribution in [3.05, 3.63) is 30.3 Å². The maximum absolute atomic E-state index is 4.60. The van der Waals surface area contributed by atoms with E-state index >= 15 is 0 Å². The van der Waals surface area contributed by atoms with Crippen molar-refractivity contribution in [1.29, 1.82) is 0 Å². The van der Waals surface area contributed by atoms with Gasteiger partial charge in [-0.3, -0.25) is 5.32 Å². The summed E-state index contributed by atoms with van der Waals surface area (Å²) in [4.78, 5) is 4.60. The lowest BCUT2D eigenvalue weighted by atomic mass is 9.96. The van der Waals surface area contributed by atoms with Crippen molar-refractivity contribution < 1.29 is 0 Å². The number of aliphatic imine (C=N–C) groups is 1. The Morgan fingerprint density at radius 1 is 1.12 bits per heavy atom. The van der Waals surface area contributed by atoms with Crippen LogP contribution in [0.4, 0.5) is 5.69 Å². The number of anilines is 1. The van der Waals surface area contributed by atoms with Crippen molar-refractivity contribution in [2.45, 2.75) is 38.1 Å². The minimum atomic E-state index is 0.470. The lowest BCUT2D eigenvalue weighted by Crippen LogP contribution is -2.16. The second-order valence-electron chi connectivity index (χ2n) is 4.24. The molecule has 0 bridgehead atoms. The molecule has 0 atom stereocenters. The molecular formula is C13H18N2S+. The average Bonchev–Trinajstić information content (AvgIpc) is 2.31. The Morgan fingerprint density at radius 3 is 2.50 bits per heavy atom. The fraction of sp³-hybridized carbons (Fsp3) is 0.462. The Morgan fingerprint density at radius 2 is 1.81 bits per heavy atom. The highest BCUT2D eigenvalue weighted by Gasteiger charge is 2.15. The van der Waals surface area contributed by atoms with Crippen LogP contribution in [0, 0.1) is 0 Å². The zero-order valence-electron chi connectivity index (χ0n) is 9.39. The van der Waals surface area contributed by atoms with E-state index in [0.29, 0.717) is 6.04 Å². The lowest BCUT2D eigenvalue weighted by Gasteiger charge is -2.16. The Kier molecular flexibility index (Phi) is 4.28. The highest BCUT2D eigenvalue weighted by molar-refractivity contribution is 7.77. The van der Waals surface area contributed by atoms with Crippen LogP contribution in [-0.4, -0.2) is 11.2 Å². The lowest BCUT2D eigenvalue weighted by molar-refractivity contribution is 0.444. The van der Waals surface area contributed by atoms with Crippen LogP contribution in [0.25, 0.3) is 0 Å². The summed E-state index contributed by atoms with van der Waals surface area (Å²) in [6, 6.07) is 10.5. The van der Waals surface area contributed by atoms with Crippen molar-refractivity contribution in [2.24, 2.45) is 4.99 Å². The molecule has 1 N–H and O–H groups in total. The normalized spacial score (nSPS) is 18.4. The van der Waals surface area contributed by atoms with Gasteiger partial charge >= 0.3 is 5.17 Å². The van der Waals surface area contributed by atoms with Crippen LogP contribution in [0.3, 0.4) is 0 Å². The quantitative estimate of drug-likeness (QED) is 0.362. The smallest absolute Gasteiger partial charge is 0.296 e. The number of amidine groups is 1. The first-order valence-electron chi connectivity index (χ1n) is 5.93. The van der Waals surface area contributed by atoms with E-state index < -0.39 is 0 Å². The minimum absolute atomic E-state index is 0.470. The molecule has 2 rings (SSSR count). The minimum Gasteiger partial charge on any atom is -0.296 e. The van der Waals surface area contributed by atoms with Gasteiger partial charge in [0.2, 0.25) is 0 Å². The van der Waals surface area contributed by atoms with Gasteiger partial charge in [0.25, 0.3) is 12.6 Å². The molecule has 0 aliphatic heterocycles. The summed E-state index contributed by atoms with van der Waals surface area (Å²) >= 11 is 4.39. The second-order valence-corrected chi connectivity index (χ2v) is 4.66. The fourth-order valence-electron chi connectivity index (χ4n) is 2.07. The van der Waals surface area contributed by atoms with Crippen molar-refractivity contribution in [3.63, 3.8) is 0 Å². The molecule has 0 amide bonds. The van der Waals surface area contributed by atoms with Gasteiger partial charge in [0.15, 0.2) is 0 Å². The molecule has 1 aromatic rings. The predicted molar refractivity (Wildman–Crippen MR) is 73.1 cm³/mol. The molecule has 85 valence electrons. The van der Waals surface area contributed by atoms with E-state index in [1.54, 1.807) is 0 Å². The summed E-state index contributed by atoms with van der Waals surface area (Å²) in [6.07, 6.45) is 6.39. The average molecular weight is 234 g/mol. The van der Waals surface area contributed by atoms with Gasteiger partial charge in [0.05, 0.1) is 6.04 Å². The summed E-state index contributed by atoms with van der Waals surface area (Å²) in [5.74, 6) is 0. The van der Waals surface area contributed by atoms with Crippen LogP contribution in [0.5, 0.6) is 0 Å². The highest BCUT2D eigenvalue weighted by atomic mass is 32.1. The van der Waals surface area contributed by atoms with Gasteiger partial charge in [-0.15, -0.1) is 0 Å². The Labute approximate surface area is 103 Å². The summed E-state index contributed by atoms with van der Waals surface area (Å²) in [6.45, 7) is 0. The molecule has 16 heavy (non-hydrogen) atoms. The third-order valence-corrected chi connectivity index (χ3v) is 3.14. The molecule has 0 unspecified atom stereocenters. The van der Waals surface area contributed by atoms with Crippen LogP contribution < -0.4 is 5.32 Å². The molecule has 0 heterocycles. The predicted octanol–water partition coefficient (Wildman–Crippen LogP) is 3.07. The van der Waals surface area contributed by atoms with Crippen LogP contribution in [-0.2, 0) is 12.6 Å². The van der Waals surface area contributed by atoms with E-state index in [9.17, 15) is 0 Å². The molecule has 1 saturated carbocycles. The molecule has 2 nitrogen and oxygen atoms in total. The molecule has 1 radical (unpaired) electrons. The van der Waals surface area contributed by atoms with Gasteiger partial charge in [-0.05, 0) is 25.0 Å². The van der Waals surface area contributed by atoms with E-state index in [2.05, 4.69) is 22.9 Å². The van der Waals surface area contributed by atoms with Crippen LogP contribution in [0.15, 0.2) is 35.3 Å². The number of nitrogens with zero attached hydrogens (tertiary/aromatic N) is 1. The third-order valence-electron chi connectivity index (χ3n) is 2.91. The summed E-state index contributed by atoms with van der Waals surface area (Å²) in [5.41, 5.74) is 1.05. The maximum Gasteiger partial charge on any atom is 0.368 e. The molecule has 1 aromatic carbocycles. The number of hydrogen-bond donors (Lipinski definition) is 1. The van der Waals surface area contributed by atoms with Crippen LogP contribution in [0.1, 0.15) is 32.1 Å². The summed E-state index contributed by atoms with van der Waals surface area (Å²) in [5, 5.41) is 3.94. The number of benzene rings is 1. The van der Waals surface area contributed by atoms with E-state index in [4.69, 9.17) is 0 Å². The fourth-order valence-corrected chi connectivity index (χ4v) is 2.36. The van der Waals surface area contributed by atoms with Gasteiger partial charge in [-0.1, -0.05) is 37.5 Å².